The molecule has 116 valence electrons. The summed E-state index contributed by atoms with van der Waals surface area (Å²) >= 11 is 3.42. The molecule has 0 aromatic heterocycles. The SMILES string of the molecule is Cc1ccc(NC(=O)NCCCCCCC(=O)O)cc1Br. The average molecular weight is 357 g/mol. The summed E-state index contributed by atoms with van der Waals surface area (Å²) < 4.78 is 0.957. The largest absolute Gasteiger partial charge is 0.481 e. The first-order valence-corrected chi connectivity index (χ1v) is 7.81. The minimum atomic E-state index is -0.753. The van der Waals surface area contributed by atoms with Crippen molar-refractivity contribution in [2.24, 2.45) is 0 Å². The van der Waals surface area contributed by atoms with Crippen molar-refractivity contribution in [3.63, 3.8) is 0 Å². The summed E-state index contributed by atoms with van der Waals surface area (Å²) in [6, 6.07) is 5.42. The molecule has 0 saturated carbocycles. The highest BCUT2D eigenvalue weighted by atomic mass is 79.9. The fourth-order valence-electron chi connectivity index (χ4n) is 1.80. The van der Waals surface area contributed by atoms with Gasteiger partial charge < -0.3 is 15.7 Å². The highest BCUT2D eigenvalue weighted by Crippen LogP contribution is 2.20. The number of rotatable bonds is 8. The Balaban J connectivity index is 2.14. The number of aryl methyl sites for hydroxylation is 1. The summed E-state index contributed by atoms with van der Waals surface area (Å²) in [4.78, 5) is 22.0. The molecule has 1 aromatic carbocycles. The molecule has 0 bridgehead atoms. The Hall–Kier alpha value is -1.56. The number of halogens is 1. The van der Waals surface area contributed by atoms with Crippen LogP contribution >= 0.6 is 15.9 Å². The molecular formula is C15H21BrN2O3. The molecule has 0 atom stereocenters. The number of carbonyl (C=O) groups is 2. The molecule has 0 fully saturated rings. The highest BCUT2D eigenvalue weighted by Gasteiger charge is 2.03. The third kappa shape index (κ3) is 7.70. The van der Waals surface area contributed by atoms with Gasteiger partial charge >= 0.3 is 12.0 Å². The molecule has 2 amide bonds. The number of hydrogen-bond donors (Lipinski definition) is 3. The van der Waals surface area contributed by atoms with E-state index in [0.29, 0.717) is 13.0 Å². The molecule has 5 nitrogen and oxygen atoms in total. The summed E-state index contributed by atoms with van der Waals surface area (Å²) in [6.45, 7) is 2.57. The Morgan fingerprint density at radius 1 is 1.19 bits per heavy atom. The third-order valence-electron chi connectivity index (χ3n) is 3.03. The molecule has 0 saturated heterocycles. The molecule has 1 rings (SSSR count). The summed E-state index contributed by atoms with van der Waals surface area (Å²) in [5, 5.41) is 14.0. The van der Waals surface area contributed by atoms with E-state index in [0.717, 1.165) is 35.0 Å². The molecule has 0 radical (unpaired) electrons. The number of urea groups is 1. The Labute approximate surface area is 133 Å². The zero-order chi connectivity index (χ0) is 15.7. The maximum Gasteiger partial charge on any atom is 0.319 e. The molecule has 0 heterocycles. The van der Waals surface area contributed by atoms with Crippen molar-refractivity contribution < 1.29 is 14.7 Å². The first kappa shape index (κ1) is 17.5. The number of carboxylic acids is 1. The van der Waals surface area contributed by atoms with Gasteiger partial charge in [0.15, 0.2) is 0 Å². The van der Waals surface area contributed by atoms with Crippen molar-refractivity contribution in [1.29, 1.82) is 0 Å². The van der Waals surface area contributed by atoms with Crippen molar-refractivity contribution in [1.82, 2.24) is 5.32 Å². The molecule has 3 N–H and O–H groups in total. The number of anilines is 1. The number of amides is 2. The first-order chi connectivity index (χ1) is 9.99. The van der Waals surface area contributed by atoms with Crippen LogP contribution in [-0.4, -0.2) is 23.7 Å². The lowest BCUT2D eigenvalue weighted by Crippen LogP contribution is -2.29. The number of hydrogen-bond acceptors (Lipinski definition) is 2. The lowest BCUT2D eigenvalue weighted by atomic mass is 10.1. The van der Waals surface area contributed by atoms with Gasteiger partial charge in [0.25, 0.3) is 0 Å². The fraction of sp³-hybridized carbons (Fsp3) is 0.467. The van der Waals surface area contributed by atoms with Gasteiger partial charge in [-0.2, -0.15) is 0 Å². The van der Waals surface area contributed by atoms with Gasteiger partial charge in [0, 0.05) is 23.1 Å². The van der Waals surface area contributed by atoms with Crippen LogP contribution in [0.1, 0.15) is 37.7 Å². The minimum Gasteiger partial charge on any atom is -0.481 e. The van der Waals surface area contributed by atoms with E-state index < -0.39 is 5.97 Å². The minimum absolute atomic E-state index is 0.218. The molecule has 0 spiro atoms. The molecule has 6 heteroatoms. The van der Waals surface area contributed by atoms with E-state index in [1.54, 1.807) is 0 Å². The Morgan fingerprint density at radius 2 is 1.90 bits per heavy atom. The Kier molecular flexibility index (Phi) is 7.82. The van der Waals surface area contributed by atoms with Crippen LogP contribution in [0.4, 0.5) is 10.5 Å². The Morgan fingerprint density at radius 3 is 2.57 bits per heavy atom. The van der Waals surface area contributed by atoms with Crippen LogP contribution in [0.3, 0.4) is 0 Å². The lowest BCUT2D eigenvalue weighted by molar-refractivity contribution is -0.137. The standard InChI is InChI=1S/C15H21BrN2O3/c1-11-7-8-12(10-13(11)16)18-15(21)17-9-5-3-2-4-6-14(19)20/h7-8,10H,2-6,9H2,1H3,(H,19,20)(H2,17,18,21). The first-order valence-electron chi connectivity index (χ1n) is 7.02. The van der Waals surface area contributed by atoms with E-state index >= 15 is 0 Å². The van der Waals surface area contributed by atoms with Gasteiger partial charge in [0.2, 0.25) is 0 Å². The number of carboxylic acid groups (broad SMARTS) is 1. The van der Waals surface area contributed by atoms with Gasteiger partial charge in [-0.1, -0.05) is 34.8 Å². The quantitative estimate of drug-likeness (QED) is 0.617. The highest BCUT2D eigenvalue weighted by molar-refractivity contribution is 9.10. The number of aliphatic carboxylic acids is 1. The normalized spacial score (nSPS) is 10.2. The molecule has 1 aromatic rings. The van der Waals surface area contributed by atoms with Crippen LogP contribution in [0.25, 0.3) is 0 Å². The van der Waals surface area contributed by atoms with Crippen LogP contribution < -0.4 is 10.6 Å². The fourth-order valence-corrected chi connectivity index (χ4v) is 2.18. The van der Waals surface area contributed by atoms with Crippen molar-refractivity contribution in [3.05, 3.63) is 28.2 Å². The van der Waals surface area contributed by atoms with Crippen LogP contribution in [0.5, 0.6) is 0 Å². The maximum atomic E-state index is 11.7. The molecule has 0 unspecified atom stereocenters. The van der Waals surface area contributed by atoms with Gasteiger partial charge in [-0.25, -0.2) is 4.79 Å². The Bertz CT molecular complexity index is 492. The van der Waals surface area contributed by atoms with Gasteiger partial charge in [0.05, 0.1) is 0 Å². The maximum absolute atomic E-state index is 11.7. The van der Waals surface area contributed by atoms with Crippen LogP contribution in [0.15, 0.2) is 22.7 Å². The number of nitrogens with one attached hydrogen (secondary N) is 2. The van der Waals surface area contributed by atoms with E-state index in [-0.39, 0.29) is 12.5 Å². The van der Waals surface area contributed by atoms with E-state index in [1.807, 2.05) is 25.1 Å². The van der Waals surface area contributed by atoms with E-state index in [9.17, 15) is 9.59 Å². The molecule has 21 heavy (non-hydrogen) atoms. The van der Waals surface area contributed by atoms with Gasteiger partial charge in [-0.05, 0) is 37.5 Å². The van der Waals surface area contributed by atoms with Crippen molar-refractivity contribution >= 4 is 33.6 Å². The van der Waals surface area contributed by atoms with Crippen LogP contribution in [-0.2, 0) is 4.79 Å². The smallest absolute Gasteiger partial charge is 0.319 e. The van der Waals surface area contributed by atoms with Crippen LogP contribution in [0, 0.1) is 6.92 Å². The summed E-state index contributed by atoms with van der Waals surface area (Å²) in [7, 11) is 0. The number of benzene rings is 1. The molecular weight excluding hydrogens is 336 g/mol. The van der Waals surface area contributed by atoms with Gasteiger partial charge in [-0.3, -0.25) is 4.79 Å². The van der Waals surface area contributed by atoms with Gasteiger partial charge in [0.1, 0.15) is 0 Å². The van der Waals surface area contributed by atoms with E-state index in [4.69, 9.17) is 5.11 Å². The predicted octanol–water partition coefficient (Wildman–Crippen LogP) is 3.91. The van der Waals surface area contributed by atoms with E-state index in [2.05, 4.69) is 26.6 Å². The second-order valence-corrected chi connectivity index (χ2v) is 5.76. The topological polar surface area (TPSA) is 78.4 Å². The summed E-state index contributed by atoms with van der Waals surface area (Å²) in [6.07, 6.45) is 3.56. The average Bonchev–Trinajstić information content (AvgIpc) is 2.41. The molecule has 0 aliphatic carbocycles. The monoisotopic (exact) mass is 356 g/mol. The zero-order valence-corrected chi connectivity index (χ0v) is 13.7. The molecule has 0 aliphatic heterocycles. The van der Waals surface area contributed by atoms with Gasteiger partial charge in [-0.15, -0.1) is 0 Å². The number of carbonyl (C=O) groups excluding carboxylic acids is 1. The zero-order valence-electron chi connectivity index (χ0n) is 12.1. The second-order valence-electron chi connectivity index (χ2n) is 4.90. The van der Waals surface area contributed by atoms with Crippen LogP contribution in [0.2, 0.25) is 0 Å². The number of unbranched alkanes of at least 4 members (excludes halogenated alkanes) is 3. The predicted molar refractivity (Wildman–Crippen MR) is 86.6 cm³/mol. The summed E-state index contributed by atoms with van der Waals surface area (Å²) in [5.41, 5.74) is 1.86. The van der Waals surface area contributed by atoms with E-state index in [1.165, 1.54) is 0 Å². The molecule has 0 aliphatic rings. The van der Waals surface area contributed by atoms with Crippen molar-refractivity contribution in [2.75, 3.05) is 11.9 Å². The second kappa shape index (κ2) is 9.39. The third-order valence-corrected chi connectivity index (χ3v) is 3.89. The summed E-state index contributed by atoms with van der Waals surface area (Å²) in [5.74, 6) is -0.753. The van der Waals surface area contributed by atoms with Crippen molar-refractivity contribution in [3.8, 4) is 0 Å². The lowest BCUT2D eigenvalue weighted by Gasteiger charge is -2.08. The van der Waals surface area contributed by atoms with Crippen molar-refractivity contribution in [2.45, 2.75) is 39.0 Å².